The van der Waals surface area contributed by atoms with Crippen molar-refractivity contribution in [3.8, 4) is 0 Å². The molecule has 0 atom stereocenters. The highest BCUT2D eigenvalue weighted by Gasteiger charge is 2.14. The maximum atomic E-state index is 10.6. The Kier molecular flexibility index (Phi) is 2.52. The minimum absolute atomic E-state index is 0.181. The van der Waals surface area contributed by atoms with Crippen LogP contribution in [-0.4, -0.2) is 8.42 Å². The van der Waals surface area contributed by atoms with Crippen molar-refractivity contribution in [3.05, 3.63) is 34.7 Å². The zero-order valence-electron chi connectivity index (χ0n) is 6.28. The van der Waals surface area contributed by atoms with Gasteiger partial charge >= 0.3 is 10.1 Å². The number of rotatable bonds is 2. The lowest BCUT2D eigenvalue weighted by molar-refractivity contribution is 0.414. The molecule has 1 aromatic rings. The highest BCUT2D eigenvalue weighted by Crippen LogP contribution is 2.23. The average Bonchev–Trinajstić information content (AvgIpc) is 2.04. The predicted octanol–water partition coefficient (Wildman–Crippen LogP) is 1.75. The van der Waals surface area contributed by atoms with Gasteiger partial charge in [0, 0.05) is 4.91 Å². The first kappa shape index (κ1) is 9.53. The van der Waals surface area contributed by atoms with Crippen molar-refractivity contribution in [3.63, 3.8) is 0 Å². The van der Waals surface area contributed by atoms with Gasteiger partial charge in [0.15, 0.2) is 0 Å². The molecule has 7 heteroatoms. The van der Waals surface area contributed by atoms with Crippen LogP contribution in [0.3, 0.4) is 0 Å². The molecule has 0 aliphatic rings. The molecule has 0 aliphatic carbocycles. The van der Waals surface area contributed by atoms with E-state index in [1.54, 1.807) is 0 Å². The number of azide groups is 1. The summed E-state index contributed by atoms with van der Waals surface area (Å²) in [5, 5.41) is 3.07. The first-order valence-electron chi connectivity index (χ1n) is 3.16. The van der Waals surface area contributed by atoms with E-state index in [1.165, 1.54) is 18.2 Å². The molecular weight excluding hydrogens is 194 g/mol. The van der Waals surface area contributed by atoms with E-state index >= 15 is 0 Å². The molecule has 0 spiro atoms. The second kappa shape index (κ2) is 3.44. The van der Waals surface area contributed by atoms with E-state index in [9.17, 15) is 13.0 Å². The number of hydrogen-bond acceptors (Lipinski definition) is 3. The van der Waals surface area contributed by atoms with Crippen LogP contribution in [-0.2, 0) is 14.7 Å². The Hall–Kier alpha value is -1.56. The van der Waals surface area contributed by atoms with Crippen LogP contribution < -0.4 is 0 Å². The maximum absolute atomic E-state index is 10.6. The molecule has 1 rings (SSSR count). The Bertz CT molecular complexity index is 462. The third-order valence-electron chi connectivity index (χ3n) is 1.29. The summed E-state index contributed by atoms with van der Waals surface area (Å²) in [6.07, 6.45) is 0. The Morgan fingerprint density at radius 3 is 2.46 bits per heavy atom. The summed E-state index contributed by atoms with van der Waals surface area (Å²) in [5.74, 6) is 0. The maximum Gasteiger partial charge on any atom is 0.324 e. The molecule has 0 unspecified atom stereocenters. The van der Waals surface area contributed by atoms with Crippen LogP contribution in [0, 0.1) is 0 Å². The SMILES string of the molecule is [N-]=[N+]=Nc1ccccc1S([O])(=O)=O. The molecule has 0 fully saturated rings. The second-order valence-electron chi connectivity index (χ2n) is 2.11. The van der Waals surface area contributed by atoms with E-state index < -0.39 is 15.0 Å². The van der Waals surface area contributed by atoms with E-state index in [0.717, 1.165) is 6.07 Å². The lowest BCUT2D eigenvalue weighted by atomic mass is 10.3. The Labute approximate surface area is 74.2 Å². The van der Waals surface area contributed by atoms with Crippen molar-refractivity contribution >= 4 is 15.8 Å². The van der Waals surface area contributed by atoms with Crippen molar-refractivity contribution in [1.29, 1.82) is 0 Å². The molecule has 0 bridgehead atoms. The van der Waals surface area contributed by atoms with Crippen LogP contribution >= 0.6 is 0 Å². The average molecular weight is 198 g/mol. The van der Waals surface area contributed by atoms with Crippen molar-refractivity contribution in [1.82, 2.24) is 0 Å². The Balaban J connectivity index is 3.45. The second-order valence-corrected chi connectivity index (χ2v) is 3.46. The summed E-state index contributed by atoms with van der Waals surface area (Å²) in [4.78, 5) is 1.90. The number of benzene rings is 1. The molecule has 0 N–H and O–H groups in total. The predicted molar refractivity (Wildman–Crippen MR) is 43.1 cm³/mol. The molecule has 13 heavy (non-hydrogen) atoms. The van der Waals surface area contributed by atoms with Gasteiger partial charge in [-0.1, -0.05) is 27.9 Å². The number of nitrogens with zero attached hydrogens (tertiary/aromatic N) is 3. The largest absolute Gasteiger partial charge is 0.324 e. The Morgan fingerprint density at radius 1 is 1.31 bits per heavy atom. The summed E-state index contributed by atoms with van der Waals surface area (Å²) in [6.45, 7) is 0. The van der Waals surface area contributed by atoms with Crippen LogP contribution in [0.2, 0.25) is 0 Å². The van der Waals surface area contributed by atoms with E-state index in [0.29, 0.717) is 0 Å². The standard InChI is InChI=1S/C6H4N3O3S/c7-9-8-5-3-1-2-4-6(5)13(10,11)12/h1-4H. The van der Waals surface area contributed by atoms with Gasteiger partial charge in [-0.15, -0.1) is 0 Å². The van der Waals surface area contributed by atoms with Gasteiger partial charge in [0.25, 0.3) is 0 Å². The van der Waals surface area contributed by atoms with Gasteiger partial charge in [0.1, 0.15) is 4.90 Å². The van der Waals surface area contributed by atoms with E-state index in [4.69, 9.17) is 5.53 Å². The summed E-state index contributed by atoms with van der Waals surface area (Å²) in [5.41, 5.74) is 7.89. The van der Waals surface area contributed by atoms with Crippen LogP contribution in [0.4, 0.5) is 5.69 Å². The highest BCUT2D eigenvalue weighted by atomic mass is 32.2. The molecule has 0 heterocycles. The summed E-state index contributed by atoms with van der Waals surface area (Å²) >= 11 is 0. The van der Waals surface area contributed by atoms with Crippen LogP contribution in [0.25, 0.3) is 10.4 Å². The monoisotopic (exact) mass is 198 g/mol. The fraction of sp³-hybridized carbons (Fsp3) is 0. The van der Waals surface area contributed by atoms with Crippen LogP contribution in [0.15, 0.2) is 34.3 Å². The normalized spacial score (nSPS) is 10.5. The van der Waals surface area contributed by atoms with Crippen molar-refractivity contribution in [2.24, 2.45) is 5.11 Å². The van der Waals surface area contributed by atoms with Gasteiger partial charge in [-0.2, -0.15) is 8.42 Å². The van der Waals surface area contributed by atoms with Crippen LogP contribution in [0.1, 0.15) is 0 Å². The summed E-state index contributed by atoms with van der Waals surface area (Å²) < 4.78 is 31.8. The van der Waals surface area contributed by atoms with Gasteiger partial charge in [-0.3, -0.25) is 0 Å². The molecule has 67 valence electrons. The molecule has 0 aromatic heterocycles. The molecular formula is C6H4N3O3S. The lowest BCUT2D eigenvalue weighted by Gasteiger charge is -1.97. The van der Waals surface area contributed by atoms with Crippen molar-refractivity contribution < 1.29 is 13.0 Å². The van der Waals surface area contributed by atoms with Gasteiger partial charge in [-0.05, 0) is 11.6 Å². The molecule has 1 radical (unpaired) electrons. The molecule has 0 aliphatic heterocycles. The summed E-state index contributed by atoms with van der Waals surface area (Å²) in [7, 11) is -4.57. The van der Waals surface area contributed by atoms with Gasteiger partial charge < -0.3 is 0 Å². The lowest BCUT2D eigenvalue weighted by Crippen LogP contribution is -1.95. The van der Waals surface area contributed by atoms with Gasteiger partial charge in [0.05, 0.1) is 5.69 Å². The summed E-state index contributed by atoms with van der Waals surface area (Å²) in [6, 6.07) is 5.19. The molecule has 1 aromatic carbocycles. The van der Waals surface area contributed by atoms with Gasteiger partial charge in [0.2, 0.25) is 0 Å². The minimum atomic E-state index is -4.57. The third-order valence-corrected chi connectivity index (χ3v) is 2.17. The van der Waals surface area contributed by atoms with E-state index in [-0.39, 0.29) is 5.69 Å². The van der Waals surface area contributed by atoms with E-state index in [2.05, 4.69) is 10.0 Å². The van der Waals surface area contributed by atoms with E-state index in [1.807, 2.05) is 0 Å². The highest BCUT2D eigenvalue weighted by molar-refractivity contribution is 7.85. The van der Waals surface area contributed by atoms with Crippen LogP contribution in [0.5, 0.6) is 0 Å². The fourth-order valence-corrected chi connectivity index (χ4v) is 1.41. The zero-order valence-corrected chi connectivity index (χ0v) is 7.10. The molecule has 6 nitrogen and oxygen atoms in total. The fourth-order valence-electron chi connectivity index (χ4n) is 0.799. The zero-order chi connectivity index (χ0) is 9.90. The third kappa shape index (κ3) is 2.19. The number of hydrogen-bond donors (Lipinski definition) is 0. The first-order valence-corrected chi connectivity index (χ1v) is 4.56. The first-order chi connectivity index (χ1) is 6.05. The molecule has 0 amide bonds. The smallest absolute Gasteiger partial charge is 0.192 e. The van der Waals surface area contributed by atoms with Crippen molar-refractivity contribution in [2.75, 3.05) is 0 Å². The topological polar surface area (TPSA) is 103 Å². The van der Waals surface area contributed by atoms with Crippen molar-refractivity contribution in [2.45, 2.75) is 4.90 Å². The molecule has 0 saturated heterocycles. The quantitative estimate of drug-likeness (QED) is 0.410. The van der Waals surface area contributed by atoms with Gasteiger partial charge in [-0.25, -0.2) is 0 Å². The molecule has 0 saturated carbocycles. The minimum Gasteiger partial charge on any atom is -0.192 e. The Morgan fingerprint density at radius 2 is 1.92 bits per heavy atom.